The number of amides is 1. The van der Waals surface area contributed by atoms with Crippen molar-refractivity contribution in [3.63, 3.8) is 0 Å². The second kappa shape index (κ2) is 23.7. The summed E-state index contributed by atoms with van der Waals surface area (Å²) >= 11 is 0. The van der Waals surface area contributed by atoms with Gasteiger partial charge in [0.15, 0.2) is 0 Å². The van der Waals surface area contributed by atoms with Crippen molar-refractivity contribution in [1.29, 1.82) is 0 Å². The lowest BCUT2D eigenvalue weighted by molar-refractivity contribution is -0.0211. The van der Waals surface area contributed by atoms with Crippen LogP contribution < -0.4 is 15.8 Å². The van der Waals surface area contributed by atoms with Crippen LogP contribution in [0, 0.1) is 0 Å². The number of nitrogens with two attached hydrogens (primary N) is 1. The molecular formula is C27H48N2O10. The van der Waals surface area contributed by atoms with Crippen molar-refractivity contribution in [3.05, 3.63) is 24.3 Å². The average molecular weight is 561 g/mol. The number of hydrogen-bond acceptors (Lipinski definition) is 11. The van der Waals surface area contributed by atoms with Gasteiger partial charge in [-0.05, 0) is 32.9 Å². The van der Waals surface area contributed by atoms with Crippen molar-refractivity contribution in [2.75, 3.05) is 111 Å². The van der Waals surface area contributed by atoms with Crippen molar-refractivity contribution in [2.24, 2.45) is 0 Å². The lowest BCUT2D eigenvalue weighted by Crippen LogP contribution is -2.34. The van der Waals surface area contributed by atoms with Crippen LogP contribution in [0.3, 0.4) is 0 Å². The molecule has 0 atom stereocenters. The summed E-state index contributed by atoms with van der Waals surface area (Å²) in [4.78, 5) is 11.5. The summed E-state index contributed by atoms with van der Waals surface area (Å²) in [5, 5.41) is 2.63. The van der Waals surface area contributed by atoms with E-state index < -0.39 is 11.7 Å². The Labute approximate surface area is 232 Å². The number of hydrogen-bond donors (Lipinski definition) is 2. The molecule has 3 N–H and O–H groups in total. The van der Waals surface area contributed by atoms with Crippen molar-refractivity contribution < 1.29 is 47.4 Å². The molecule has 39 heavy (non-hydrogen) atoms. The molecule has 0 saturated heterocycles. The number of nitrogens with one attached hydrogen (secondary N) is 1. The van der Waals surface area contributed by atoms with Gasteiger partial charge in [0, 0.05) is 6.54 Å². The fraction of sp³-hybridized carbons (Fsp3) is 0.741. The summed E-state index contributed by atoms with van der Waals surface area (Å²) in [7, 11) is 0. The lowest BCUT2D eigenvalue weighted by Gasteiger charge is -2.19. The largest absolute Gasteiger partial charge is 0.489 e. The number of rotatable bonds is 25. The second-order valence-electron chi connectivity index (χ2n) is 9.10. The maximum atomic E-state index is 11.5. The first-order chi connectivity index (χ1) is 18.9. The van der Waals surface area contributed by atoms with Crippen LogP contribution in [0.15, 0.2) is 24.3 Å². The first kappa shape index (κ1) is 34.8. The van der Waals surface area contributed by atoms with Gasteiger partial charge in [-0.1, -0.05) is 12.1 Å². The van der Waals surface area contributed by atoms with Gasteiger partial charge < -0.3 is 53.7 Å². The number of para-hydroxylation sites is 2. The van der Waals surface area contributed by atoms with Crippen molar-refractivity contribution >= 4 is 11.8 Å². The third-order valence-electron chi connectivity index (χ3n) is 4.55. The predicted molar refractivity (Wildman–Crippen MR) is 146 cm³/mol. The summed E-state index contributed by atoms with van der Waals surface area (Å²) in [6, 6.07) is 7.36. The molecule has 0 aliphatic heterocycles. The van der Waals surface area contributed by atoms with E-state index in [1.54, 1.807) is 6.07 Å². The Morgan fingerprint density at radius 3 is 1.44 bits per heavy atom. The zero-order valence-electron chi connectivity index (χ0n) is 23.8. The second-order valence-corrected chi connectivity index (χ2v) is 9.10. The first-order valence-corrected chi connectivity index (χ1v) is 13.4. The quantitative estimate of drug-likeness (QED) is 0.135. The summed E-state index contributed by atoms with van der Waals surface area (Å²) in [5.74, 6) is 0.665. The molecule has 0 unspecified atom stereocenters. The fourth-order valence-electron chi connectivity index (χ4n) is 2.78. The molecule has 1 aromatic carbocycles. The van der Waals surface area contributed by atoms with Crippen LogP contribution in [0.5, 0.6) is 5.75 Å². The molecular weight excluding hydrogens is 512 g/mol. The van der Waals surface area contributed by atoms with Crippen LogP contribution in [-0.2, 0) is 37.9 Å². The third kappa shape index (κ3) is 23.4. The van der Waals surface area contributed by atoms with Crippen LogP contribution >= 0.6 is 0 Å². The highest BCUT2D eigenvalue weighted by Gasteiger charge is 2.15. The molecule has 0 fully saturated rings. The van der Waals surface area contributed by atoms with Gasteiger partial charge in [0.05, 0.1) is 98.2 Å². The van der Waals surface area contributed by atoms with Gasteiger partial charge in [-0.3, -0.25) is 0 Å². The Hall–Kier alpha value is -2.19. The van der Waals surface area contributed by atoms with Crippen molar-refractivity contribution in [1.82, 2.24) is 5.32 Å². The van der Waals surface area contributed by atoms with E-state index in [9.17, 15) is 4.79 Å². The van der Waals surface area contributed by atoms with Gasteiger partial charge in [0.1, 0.15) is 18.0 Å². The minimum absolute atomic E-state index is 0.385. The first-order valence-electron chi connectivity index (χ1n) is 13.4. The highest BCUT2D eigenvalue weighted by Crippen LogP contribution is 2.19. The molecule has 0 bridgehead atoms. The molecule has 0 aliphatic carbocycles. The van der Waals surface area contributed by atoms with E-state index in [1.165, 1.54) is 0 Å². The molecule has 0 aromatic heterocycles. The zero-order chi connectivity index (χ0) is 28.4. The summed E-state index contributed by atoms with van der Waals surface area (Å²) in [5.41, 5.74) is 5.91. The van der Waals surface area contributed by atoms with Crippen LogP contribution in [0.25, 0.3) is 0 Å². The van der Waals surface area contributed by atoms with Gasteiger partial charge in [-0.15, -0.1) is 0 Å². The standard InChI is InChI=1S/C27H48N2O10/c1-27(2,3)39-26(30)29-8-9-31-10-11-32-12-13-33-14-15-34-16-17-35-18-19-36-20-21-37-22-23-38-25-7-5-4-6-24(25)28/h4-7H,8-23,28H2,1-3H3,(H,29,30). The smallest absolute Gasteiger partial charge is 0.407 e. The summed E-state index contributed by atoms with van der Waals surface area (Å²) < 4.78 is 48.7. The number of anilines is 1. The van der Waals surface area contributed by atoms with Crippen molar-refractivity contribution in [3.8, 4) is 5.75 Å². The molecule has 1 aromatic rings. The normalized spacial score (nSPS) is 11.5. The molecule has 12 heteroatoms. The van der Waals surface area contributed by atoms with Gasteiger partial charge in [0.2, 0.25) is 0 Å². The van der Waals surface area contributed by atoms with E-state index in [0.717, 1.165) is 0 Å². The minimum atomic E-state index is -0.508. The number of benzene rings is 1. The maximum Gasteiger partial charge on any atom is 0.407 e. The third-order valence-corrected chi connectivity index (χ3v) is 4.55. The molecule has 0 spiro atoms. The van der Waals surface area contributed by atoms with Gasteiger partial charge in [-0.25, -0.2) is 4.79 Å². The number of carbonyl (C=O) groups excluding carboxylic acids is 1. The number of ether oxygens (including phenoxy) is 9. The van der Waals surface area contributed by atoms with E-state index in [1.807, 2.05) is 39.0 Å². The number of alkyl carbamates (subject to hydrolysis) is 1. The van der Waals surface area contributed by atoms with Gasteiger partial charge in [0.25, 0.3) is 0 Å². The SMILES string of the molecule is CC(C)(C)OC(=O)NCCOCCOCCOCCOCCOCCOCCOCCOc1ccccc1N. The summed E-state index contributed by atoms with van der Waals surface area (Å²) in [6.45, 7) is 12.9. The summed E-state index contributed by atoms with van der Waals surface area (Å²) in [6.07, 6.45) is -0.451. The highest BCUT2D eigenvalue weighted by atomic mass is 16.6. The molecule has 0 aliphatic rings. The molecule has 226 valence electrons. The molecule has 0 saturated carbocycles. The molecule has 0 radical (unpaired) electrons. The fourth-order valence-corrected chi connectivity index (χ4v) is 2.78. The van der Waals surface area contributed by atoms with E-state index in [0.29, 0.717) is 117 Å². The van der Waals surface area contributed by atoms with Crippen LogP contribution in [0.1, 0.15) is 20.8 Å². The van der Waals surface area contributed by atoms with Gasteiger partial charge >= 0.3 is 6.09 Å². The van der Waals surface area contributed by atoms with Gasteiger partial charge in [-0.2, -0.15) is 0 Å². The molecule has 12 nitrogen and oxygen atoms in total. The molecule has 0 heterocycles. The Bertz CT molecular complexity index is 718. The van der Waals surface area contributed by atoms with E-state index in [-0.39, 0.29) is 0 Å². The zero-order valence-corrected chi connectivity index (χ0v) is 23.8. The topological polar surface area (TPSA) is 138 Å². The Kier molecular flexibility index (Phi) is 21.1. The Balaban J connectivity index is 1.69. The Morgan fingerprint density at radius 1 is 0.641 bits per heavy atom. The van der Waals surface area contributed by atoms with Crippen LogP contribution in [0.4, 0.5) is 10.5 Å². The Morgan fingerprint density at radius 2 is 1.03 bits per heavy atom. The van der Waals surface area contributed by atoms with E-state index in [2.05, 4.69) is 5.32 Å². The predicted octanol–water partition coefficient (Wildman–Crippen LogP) is 2.29. The van der Waals surface area contributed by atoms with Crippen LogP contribution in [-0.4, -0.2) is 117 Å². The maximum absolute atomic E-state index is 11.5. The number of carbonyl (C=O) groups is 1. The molecule has 1 amide bonds. The minimum Gasteiger partial charge on any atom is -0.489 e. The average Bonchev–Trinajstić information content (AvgIpc) is 2.88. The molecule has 1 rings (SSSR count). The number of nitrogen functional groups attached to an aromatic ring is 1. The highest BCUT2D eigenvalue weighted by molar-refractivity contribution is 5.67. The lowest BCUT2D eigenvalue weighted by atomic mass is 10.2. The monoisotopic (exact) mass is 560 g/mol. The van der Waals surface area contributed by atoms with Crippen LogP contribution in [0.2, 0.25) is 0 Å². The van der Waals surface area contributed by atoms with E-state index in [4.69, 9.17) is 48.4 Å². The van der Waals surface area contributed by atoms with E-state index >= 15 is 0 Å². The van der Waals surface area contributed by atoms with Crippen molar-refractivity contribution in [2.45, 2.75) is 26.4 Å².